The average molecular weight is 479 g/mol. The smallest absolute Gasteiger partial charge is 0.337 e. The fourth-order valence-corrected chi connectivity index (χ4v) is 3.31. The number of esters is 2. The Bertz CT molecular complexity index is 1100. The van der Waals surface area contributed by atoms with Crippen molar-refractivity contribution in [2.45, 2.75) is 19.4 Å². The lowest BCUT2D eigenvalue weighted by atomic mass is 10.1. The van der Waals surface area contributed by atoms with Crippen LogP contribution in [-0.2, 0) is 24.3 Å². The van der Waals surface area contributed by atoms with Crippen LogP contribution >= 0.6 is 0 Å². The lowest BCUT2D eigenvalue weighted by molar-refractivity contribution is -0.122. The van der Waals surface area contributed by atoms with Crippen LogP contribution in [0.3, 0.4) is 0 Å². The van der Waals surface area contributed by atoms with Crippen LogP contribution < -0.4 is 14.4 Å². The van der Waals surface area contributed by atoms with Gasteiger partial charge in [0.25, 0.3) is 5.91 Å². The van der Waals surface area contributed by atoms with Crippen LogP contribution in [0.4, 0.5) is 11.4 Å². The zero-order chi connectivity index (χ0) is 24.8. The van der Waals surface area contributed by atoms with E-state index in [4.69, 9.17) is 14.2 Å². The van der Waals surface area contributed by atoms with Gasteiger partial charge in [-0.25, -0.2) is 18.0 Å². The fourth-order valence-electron chi connectivity index (χ4n) is 2.81. The predicted octanol–water partition coefficient (Wildman–Crippen LogP) is 2.45. The zero-order valence-corrected chi connectivity index (χ0v) is 19.8. The number of amides is 1. The van der Waals surface area contributed by atoms with E-state index in [2.05, 4.69) is 5.32 Å². The number of anilines is 2. The zero-order valence-electron chi connectivity index (χ0n) is 18.9. The van der Waals surface area contributed by atoms with E-state index in [-0.39, 0.29) is 16.8 Å². The van der Waals surface area contributed by atoms with E-state index in [1.54, 1.807) is 31.2 Å². The Hall–Kier alpha value is -3.60. The van der Waals surface area contributed by atoms with Gasteiger partial charge in [0.2, 0.25) is 10.0 Å². The van der Waals surface area contributed by atoms with E-state index in [0.29, 0.717) is 17.9 Å². The number of rotatable bonds is 9. The molecule has 1 amide bonds. The number of ether oxygens (including phenoxy) is 3. The summed E-state index contributed by atoms with van der Waals surface area (Å²) in [5, 5.41) is 2.63. The number of nitrogens with one attached hydrogen (secondary N) is 1. The number of hydrogen-bond acceptors (Lipinski definition) is 8. The third kappa shape index (κ3) is 6.69. The van der Waals surface area contributed by atoms with Crippen molar-refractivity contribution in [1.29, 1.82) is 0 Å². The molecular weight excluding hydrogens is 452 g/mol. The maximum absolute atomic E-state index is 12.8. The van der Waals surface area contributed by atoms with Crippen LogP contribution in [0.1, 0.15) is 34.1 Å². The average Bonchev–Trinajstić information content (AvgIpc) is 2.80. The molecule has 0 saturated heterocycles. The number of sulfonamides is 1. The summed E-state index contributed by atoms with van der Waals surface area (Å²) in [6, 6.07) is 10.3. The third-order valence-corrected chi connectivity index (χ3v) is 5.89. The van der Waals surface area contributed by atoms with Crippen LogP contribution in [0.25, 0.3) is 0 Å². The van der Waals surface area contributed by atoms with Gasteiger partial charge in [0.1, 0.15) is 5.75 Å². The summed E-state index contributed by atoms with van der Waals surface area (Å²) in [5.74, 6) is -1.51. The molecule has 1 unspecified atom stereocenters. The molecule has 0 heterocycles. The summed E-state index contributed by atoms with van der Waals surface area (Å²) in [4.78, 5) is 36.7. The third-order valence-electron chi connectivity index (χ3n) is 4.68. The second-order valence-corrected chi connectivity index (χ2v) is 9.02. The van der Waals surface area contributed by atoms with Crippen LogP contribution in [0.15, 0.2) is 42.5 Å². The molecule has 0 aliphatic carbocycles. The molecule has 10 nitrogen and oxygen atoms in total. The van der Waals surface area contributed by atoms with Crippen molar-refractivity contribution >= 4 is 39.2 Å². The van der Waals surface area contributed by atoms with Gasteiger partial charge in [0.15, 0.2) is 6.10 Å². The molecular formula is C22H26N2O8S. The van der Waals surface area contributed by atoms with E-state index in [1.807, 2.05) is 0 Å². The SMILES string of the molecule is CCC(Oc1ccc(N(C)S(C)(=O)=O)cc1)C(=O)Nc1cc(C(=O)OC)cc(C(=O)OC)c1. The molecule has 178 valence electrons. The topological polar surface area (TPSA) is 128 Å². The molecule has 0 fully saturated rings. The van der Waals surface area contributed by atoms with Crippen LogP contribution in [0.5, 0.6) is 5.75 Å². The van der Waals surface area contributed by atoms with Crippen LogP contribution in [0, 0.1) is 0 Å². The molecule has 0 radical (unpaired) electrons. The maximum atomic E-state index is 12.8. The van der Waals surface area contributed by atoms with Crippen molar-refractivity contribution in [3.8, 4) is 5.75 Å². The number of benzene rings is 2. The first kappa shape index (κ1) is 25.7. The van der Waals surface area contributed by atoms with Gasteiger partial charge in [-0.15, -0.1) is 0 Å². The number of hydrogen-bond donors (Lipinski definition) is 1. The summed E-state index contributed by atoms with van der Waals surface area (Å²) in [7, 11) is 0.423. The Labute approximate surface area is 192 Å². The summed E-state index contributed by atoms with van der Waals surface area (Å²) >= 11 is 0. The minimum Gasteiger partial charge on any atom is -0.481 e. The van der Waals surface area contributed by atoms with Crippen molar-refractivity contribution in [2.75, 3.05) is 37.1 Å². The van der Waals surface area contributed by atoms with Gasteiger partial charge in [-0.05, 0) is 48.9 Å². The molecule has 11 heteroatoms. The molecule has 0 spiro atoms. The Morgan fingerprint density at radius 2 is 1.48 bits per heavy atom. The van der Waals surface area contributed by atoms with Crippen molar-refractivity contribution in [3.63, 3.8) is 0 Å². The summed E-state index contributed by atoms with van der Waals surface area (Å²) in [6.45, 7) is 1.75. The molecule has 2 aromatic carbocycles. The summed E-state index contributed by atoms with van der Waals surface area (Å²) in [5.41, 5.74) is 0.762. The van der Waals surface area contributed by atoms with Gasteiger partial charge < -0.3 is 19.5 Å². The van der Waals surface area contributed by atoms with E-state index < -0.39 is 34.0 Å². The quantitative estimate of drug-likeness (QED) is 0.544. The first-order valence-corrected chi connectivity index (χ1v) is 11.7. The number of methoxy groups -OCH3 is 2. The minimum atomic E-state index is -3.41. The standard InChI is InChI=1S/C22H26N2O8S/c1-6-19(32-18-9-7-17(8-10-18)24(2)33(5,28)29)20(25)23-16-12-14(21(26)30-3)11-15(13-16)22(27)31-4/h7-13,19H,6H2,1-5H3,(H,23,25). The van der Waals surface area contributed by atoms with Gasteiger partial charge in [-0.1, -0.05) is 6.92 Å². The monoisotopic (exact) mass is 478 g/mol. The maximum Gasteiger partial charge on any atom is 0.337 e. The molecule has 0 saturated carbocycles. The highest BCUT2D eigenvalue weighted by molar-refractivity contribution is 7.92. The number of nitrogens with zero attached hydrogens (tertiary/aromatic N) is 1. The molecule has 2 aromatic rings. The summed E-state index contributed by atoms with van der Waals surface area (Å²) < 4.78 is 39.6. The molecule has 2 rings (SSSR count). The minimum absolute atomic E-state index is 0.0650. The Kier molecular flexibility index (Phi) is 8.41. The van der Waals surface area contributed by atoms with Gasteiger partial charge in [-0.2, -0.15) is 0 Å². The van der Waals surface area contributed by atoms with Gasteiger partial charge >= 0.3 is 11.9 Å². The Balaban J connectivity index is 2.21. The predicted molar refractivity (Wildman–Crippen MR) is 122 cm³/mol. The van der Waals surface area contributed by atoms with Crippen LogP contribution in [0.2, 0.25) is 0 Å². The first-order valence-electron chi connectivity index (χ1n) is 9.83. The second-order valence-electron chi connectivity index (χ2n) is 7.01. The van der Waals surface area contributed by atoms with Crippen molar-refractivity contribution in [2.24, 2.45) is 0 Å². The lowest BCUT2D eigenvalue weighted by Crippen LogP contribution is -2.32. The van der Waals surface area contributed by atoms with E-state index >= 15 is 0 Å². The van der Waals surface area contributed by atoms with Gasteiger partial charge in [0, 0.05) is 12.7 Å². The normalized spacial score (nSPS) is 11.8. The molecule has 0 aromatic heterocycles. The summed E-state index contributed by atoms with van der Waals surface area (Å²) in [6.07, 6.45) is 0.513. The molecule has 0 aliphatic rings. The lowest BCUT2D eigenvalue weighted by Gasteiger charge is -2.20. The number of carbonyl (C=O) groups excluding carboxylic acids is 3. The Morgan fingerprint density at radius 3 is 1.91 bits per heavy atom. The highest BCUT2D eigenvalue weighted by Gasteiger charge is 2.21. The molecule has 1 N–H and O–H groups in total. The highest BCUT2D eigenvalue weighted by Crippen LogP contribution is 2.22. The molecule has 0 bridgehead atoms. The van der Waals surface area contributed by atoms with Crippen molar-refractivity contribution in [1.82, 2.24) is 0 Å². The van der Waals surface area contributed by atoms with Crippen LogP contribution in [-0.4, -0.2) is 59.9 Å². The highest BCUT2D eigenvalue weighted by atomic mass is 32.2. The van der Waals surface area contributed by atoms with E-state index in [1.165, 1.54) is 39.5 Å². The van der Waals surface area contributed by atoms with Gasteiger partial charge in [-0.3, -0.25) is 9.10 Å². The van der Waals surface area contributed by atoms with Crippen molar-refractivity contribution in [3.05, 3.63) is 53.6 Å². The van der Waals surface area contributed by atoms with E-state index in [0.717, 1.165) is 10.6 Å². The molecule has 1 atom stereocenters. The molecule has 33 heavy (non-hydrogen) atoms. The Morgan fingerprint density at radius 1 is 0.970 bits per heavy atom. The largest absolute Gasteiger partial charge is 0.481 e. The second kappa shape index (κ2) is 10.8. The fraction of sp³-hybridized carbons (Fsp3) is 0.318. The first-order chi connectivity index (χ1) is 15.5. The van der Waals surface area contributed by atoms with Gasteiger partial charge in [0.05, 0.1) is 37.3 Å². The van der Waals surface area contributed by atoms with E-state index in [9.17, 15) is 22.8 Å². The number of carbonyl (C=O) groups is 3. The molecule has 0 aliphatic heterocycles. The van der Waals surface area contributed by atoms with Crippen molar-refractivity contribution < 1.29 is 37.0 Å².